The molecular weight excluding hydrogens is 639 g/mol. The first-order chi connectivity index (χ1) is 26.3. The molecular formula is C52H45N. The van der Waals surface area contributed by atoms with Crippen molar-refractivity contribution < 1.29 is 0 Å². The predicted molar refractivity (Wildman–Crippen MR) is 223 cm³/mol. The summed E-state index contributed by atoms with van der Waals surface area (Å²) in [6.45, 7) is 4.00. The van der Waals surface area contributed by atoms with Gasteiger partial charge < -0.3 is 4.90 Å². The molecule has 0 aromatic heterocycles. The van der Waals surface area contributed by atoms with Crippen LogP contribution in [0, 0.1) is 0 Å². The summed E-state index contributed by atoms with van der Waals surface area (Å²) >= 11 is 0. The van der Waals surface area contributed by atoms with Crippen LogP contribution >= 0.6 is 0 Å². The summed E-state index contributed by atoms with van der Waals surface area (Å²) < 4.78 is 0. The van der Waals surface area contributed by atoms with Crippen LogP contribution in [0.2, 0.25) is 0 Å². The Balaban J connectivity index is 0.00000183. The lowest BCUT2D eigenvalue weighted by Gasteiger charge is -2.51. The average Bonchev–Trinajstić information content (AvgIpc) is 3.54. The van der Waals surface area contributed by atoms with E-state index in [1.165, 1.54) is 72.7 Å². The van der Waals surface area contributed by atoms with Gasteiger partial charge in [-0.1, -0.05) is 177 Å². The number of hydrogen-bond donors (Lipinski definition) is 0. The highest BCUT2D eigenvalue weighted by Gasteiger charge is 2.57. The van der Waals surface area contributed by atoms with Crippen LogP contribution in [-0.2, 0) is 10.8 Å². The zero-order chi connectivity index (χ0) is 35.8. The Morgan fingerprint density at radius 2 is 1.06 bits per heavy atom. The molecule has 258 valence electrons. The second-order valence-electron chi connectivity index (χ2n) is 14.2. The van der Waals surface area contributed by atoms with Gasteiger partial charge in [0, 0.05) is 17.1 Å². The molecule has 6 aromatic rings. The first-order valence-corrected chi connectivity index (χ1v) is 19.4. The average molecular weight is 684 g/mol. The molecule has 1 nitrogen and oxygen atoms in total. The van der Waals surface area contributed by atoms with Crippen molar-refractivity contribution in [1.29, 1.82) is 0 Å². The first kappa shape index (κ1) is 33.0. The Hall–Kier alpha value is -5.92. The third-order valence-electron chi connectivity index (χ3n) is 11.7. The summed E-state index contributed by atoms with van der Waals surface area (Å²) in [7, 11) is 0. The number of benzene rings is 6. The molecule has 53 heavy (non-hydrogen) atoms. The van der Waals surface area contributed by atoms with Crippen molar-refractivity contribution in [3.8, 4) is 11.1 Å². The van der Waals surface area contributed by atoms with Crippen molar-refractivity contribution >= 4 is 11.4 Å². The van der Waals surface area contributed by atoms with Gasteiger partial charge in [-0.2, -0.15) is 0 Å². The van der Waals surface area contributed by atoms with E-state index in [9.17, 15) is 0 Å². The lowest BCUT2D eigenvalue weighted by molar-refractivity contribution is 0.595. The van der Waals surface area contributed by atoms with Crippen molar-refractivity contribution in [3.63, 3.8) is 0 Å². The van der Waals surface area contributed by atoms with Crippen molar-refractivity contribution in [2.24, 2.45) is 0 Å². The minimum atomic E-state index is -0.470. The van der Waals surface area contributed by atoms with Gasteiger partial charge in [-0.3, -0.25) is 0 Å². The SMILES string of the molecule is C1=CCCC(C2(c3ccccc3)c3ccccc3C3(c4ccccc4-c4cc(N(C5=CCCC=C5)c5ccccc5)ccc43)c3ccccc32)=C1.CC. The molecule has 0 radical (unpaired) electrons. The lowest BCUT2D eigenvalue weighted by Crippen LogP contribution is -2.45. The molecule has 1 spiro atoms. The first-order valence-electron chi connectivity index (χ1n) is 19.4. The number of para-hydroxylation sites is 1. The molecule has 10 rings (SSSR count). The molecule has 0 N–H and O–H groups in total. The second kappa shape index (κ2) is 13.6. The van der Waals surface area contributed by atoms with Crippen LogP contribution in [0.1, 0.15) is 78.5 Å². The van der Waals surface area contributed by atoms with Gasteiger partial charge in [0.2, 0.25) is 0 Å². The summed E-state index contributed by atoms with van der Waals surface area (Å²) in [6.07, 6.45) is 18.2. The van der Waals surface area contributed by atoms with E-state index in [1.807, 2.05) is 13.8 Å². The highest BCUT2D eigenvalue weighted by Crippen LogP contribution is 2.65. The Bertz CT molecular complexity index is 2380. The van der Waals surface area contributed by atoms with E-state index >= 15 is 0 Å². The molecule has 0 amide bonds. The molecule has 1 heteroatoms. The molecule has 0 atom stereocenters. The topological polar surface area (TPSA) is 3.24 Å². The number of allylic oxidation sites excluding steroid dienone is 7. The molecule has 0 bridgehead atoms. The third kappa shape index (κ3) is 4.84. The Kier molecular flexibility index (Phi) is 8.43. The van der Waals surface area contributed by atoms with Gasteiger partial charge in [-0.25, -0.2) is 0 Å². The quantitative estimate of drug-likeness (QED) is 0.175. The van der Waals surface area contributed by atoms with Gasteiger partial charge in [0.15, 0.2) is 0 Å². The van der Waals surface area contributed by atoms with Gasteiger partial charge >= 0.3 is 0 Å². The summed E-state index contributed by atoms with van der Waals surface area (Å²) in [5.41, 5.74) is 16.3. The van der Waals surface area contributed by atoms with E-state index in [-0.39, 0.29) is 0 Å². The van der Waals surface area contributed by atoms with E-state index in [0.29, 0.717) is 0 Å². The summed E-state index contributed by atoms with van der Waals surface area (Å²) in [6, 6.07) is 57.3. The highest BCUT2D eigenvalue weighted by atomic mass is 15.1. The molecule has 4 aliphatic rings. The maximum Gasteiger partial charge on any atom is 0.0720 e. The van der Waals surface area contributed by atoms with Crippen molar-refractivity contribution in [2.75, 3.05) is 4.90 Å². The number of fused-ring (bicyclic) bond motifs is 9. The highest BCUT2D eigenvalue weighted by molar-refractivity contribution is 5.91. The Labute approximate surface area is 315 Å². The largest absolute Gasteiger partial charge is 0.311 e. The summed E-state index contributed by atoms with van der Waals surface area (Å²) in [4.78, 5) is 2.43. The minimum absolute atomic E-state index is 0.411. The molecule has 0 saturated carbocycles. The number of nitrogens with zero attached hydrogens (tertiary/aromatic N) is 1. The zero-order valence-electron chi connectivity index (χ0n) is 30.7. The monoisotopic (exact) mass is 683 g/mol. The van der Waals surface area contributed by atoms with Crippen molar-refractivity contribution in [1.82, 2.24) is 0 Å². The van der Waals surface area contributed by atoms with Crippen molar-refractivity contribution in [2.45, 2.75) is 50.4 Å². The van der Waals surface area contributed by atoms with Crippen LogP contribution in [-0.4, -0.2) is 0 Å². The molecule has 0 aliphatic heterocycles. The van der Waals surface area contributed by atoms with E-state index in [2.05, 4.69) is 193 Å². The molecule has 0 heterocycles. The van der Waals surface area contributed by atoms with Gasteiger partial charge in [0.05, 0.1) is 10.8 Å². The van der Waals surface area contributed by atoms with Crippen LogP contribution < -0.4 is 4.90 Å². The van der Waals surface area contributed by atoms with Crippen LogP contribution in [0.3, 0.4) is 0 Å². The molecule has 4 aliphatic carbocycles. The fourth-order valence-electron chi connectivity index (χ4n) is 9.79. The third-order valence-corrected chi connectivity index (χ3v) is 11.7. The predicted octanol–water partition coefficient (Wildman–Crippen LogP) is 13.4. The Morgan fingerprint density at radius 1 is 0.472 bits per heavy atom. The van der Waals surface area contributed by atoms with Gasteiger partial charge in [0.25, 0.3) is 0 Å². The zero-order valence-corrected chi connectivity index (χ0v) is 30.7. The maximum absolute atomic E-state index is 2.46. The van der Waals surface area contributed by atoms with Crippen LogP contribution in [0.5, 0.6) is 0 Å². The minimum Gasteiger partial charge on any atom is -0.311 e. The molecule has 0 unspecified atom stereocenters. The second-order valence-corrected chi connectivity index (χ2v) is 14.2. The van der Waals surface area contributed by atoms with Crippen LogP contribution in [0.4, 0.5) is 11.4 Å². The van der Waals surface area contributed by atoms with E-state index < -0.39 is 10.8 Å². The fraction of sp³-hybridized carbons (Fsp3) is 0.154. The number of anilines is 2. The van der Waals surface area contributed by atoms with Gasteiger partial charge in [-0.05, 0) is 106 Å². The smallest absolute Gasteiger partial charge is 0.0720 e. The summed E-state index contributed by atoms with van der Waals surface area (Å²) in [5.74, 6) is 0. The van der Waals surface area contributed by atoms with Gasteiger partial charge in [-0.15, -0.1) is 0 Å². The fourth-order valence-corrected chi connectivity index (χ4v) is 9.79. The van der Waals surface area contributed by atoms with Crippen molar-refractivity contribution in [3.05, 3.63) is 238 Å². The molecule has 0 fully saturated rings. The maximum atomic E-state index is 2.46. The van der Waals surface area contributed by atoms with E-state index in [4.69, 9.17) is 0 Å². The number of rotatable bonds is 5. The van der Waals surface area contributed by atoms with E-state index in [1.54, 1.807) is 0 Å². The number of hydrogen-bond acceptors (Lipinski definition) is 1. The molecule has 6 aromatic carbocycles. The van der Waals surface area contributed by atoms with Crippen LogP contribution in [0.25, 0.3) is 11.1 Å². The van der Waals surface area contributed by atoms with Gasteiger partial charge in [0.1, 0.15) is 0 Å². The Morgan fingerprint density at radius 3 is 1.68 bits per heavy atom. The normalized spacial score (nSPS) is 20.2. The standard InChI is InChI=1S/C50H39N.C2H6/c1-5-19-36(20-6-1)49(37-21-7-2-8-22-37)45-29-15-17-31-47(45)50(48-32-18-16-30-46(48)49)43-28-14-13-27-41(43)42-35-40(33-34-44(42)50)51(38-23-9-3-10-24-38)39-25-11-4-12-26-39;1-2/h1-3,5-7,9-11,13-21,23-35H,4,8,12,22H2;1-2H3. The van der Waals surface area contributed by atoms with Crippen LogP contribution in [0.15, 0.2) is 199 Å². The summed E-state index contributed by atoms with van der Waals surface area (Å²) in [5, 5.41) is 0. The molecule has 0 saturated heterocycles. The lowest BCUT2D eigenvalue weighted by atomic mass is 9.50. The van der Waals surface area contributed by atoms with E-state index in [0.717, 1.165) is 25.7 Å².